The lowest BCUT2D eigenvalue weighted by molar-refractivity contribution is 0.472. The summed E-state index contributed by atoms with van der Waals surface area (Å²) in [4.78, 5) is 0. The lowest BCUT2D eigenvalue weighted by Gasteiger charge is -2.24. The van der Waals surface area contributed by atoms with Gasteiger partial charge in [0.05, 0.1) is 5.30 Å². The molecule has 0 aliphatic heterocycles. The maximum Gasteiger partial charge on any atom is 0.311 e. The van der Waals surface area contributed by atoms with E-state index in [0.717, 1.165) is 11.1 Å². The fourth-order valence-electron chi connectivity index (χ4n) is 3.55. The summed E-state index contributed by atoms with van der Waals surface area (Å²) >= 11 is 0. The van der Waals surface area contributed by atoms with Gasteiger partial charge in [-0.3, -0.25) is 4.57 Å². The minimum Gasteiger partial charge on any atom is -0.507 e. The standard InChI is InChI=1S/C24H21O4P/c1-16-8-6-9-17(2)23(16)28-29(27,18-10-4-3-5-11-18)24-20-12-7-13-21(25)19(20)14-15-22(24)26/h3-15,25-26H,1-2H3. The Morgan fingerprint density at radius 3 is 2.03 bits per heavy atom. The van der Waals surface area contributed by atoms with Crippen LogP contribution in [0, 0.1) is 13.8 Å². The Morgan fingerprint density at radius 2 is 1.34 bits per heavy atom. The van der Waals surface area contributed by atoms with Crippen LogP contribution in [-0.4, -0.2) is 10.2 Å². The maximum absolute atomic E-state index is 14.6. The molecule has 0 aliphatic rings. The lowest BCUT2D eigenvalue weighted by Crippen LogP contribution is -2.22. The molecule has 0 radical (unpaired) electrons. The van der Waals surface area contributed by atoms with Crippen LogP contribution in [0.4, 0.5) is 0 Å². The third-order valence-electron chi connectivity index (χ3n) is 5.01. The molecular formula is C24H21O4P. The maximum atomic E-state index is 14.6. The summed E-state index contributed by atoms with van der Waals surface area (Å²) in [5.41, 5.74) is 1.70. The van der Waals surface area contributed by atoms with E-state index in [-0.39, 0.29) is 16.8 Å². The van der Waals surface area contributed by atoms with Crippen molar-refractivity contribution in [2.45, 2.75) is 13.8 Å². The smallest absolute Gasteiger partial charge is 0.311 e. The van der Waals surface area contributed by atoms with Gasteiger partial charge in [0.1, 0.15) is 22.6 Å². The predicted molar refractivity (Wildman–Crippen MR) is 117 cm³/mol. The van der Waals surface area contributed by atoms with Gasteiger partial charge >= 0.3 is 7.37 Å². The first-order valence-corrected chi connectivity index (χ1v) is 10.9. The molecule has 5 heteroatoms. The quantitative estimate of drug-likeness (QED) is 0.460. The third-order valence-corrected chi connectivity index (χ3v) is 7.48. The van der Waals surface area contributed by atoms with E-state index in [1.54, 1.807) is 48.5 Å². The molecule has 0 heterocycles. The summed E-state index contributed by atoms with van der Waals surface area (Å²) in [6.07, 6.45) is 0. The molecule has 0 aliphatic carbocycles. The fourth-order valence-corrected chi connectivity index (χ4v) is 6.00. The highest BCUT2D eigenvalue weighted by Crippen LogP contribution is 2.51. The molecule has 0 saturated carbocycles. The normalized spacial score (nSPS) is 13.2. The Balaban J connectivity index is 2.06. The molecule has 2 N–H and O–H groups in total. The molecule has 0 spiro atoms. The SMILES string of the molecule is Cc1cccc(C)c1OP(=O)(c1ccccc1)c1c(O)ccc2c(O)cccc12. The summed E-state index contributed by atoms with van der Waals surface area (Å²) in [5.74, 6) is 0.438. The topological polar surface area (TPSA) is 66.8 Å². The van der Waals surface area contributed by atoms with Crippen LogP contribution in [0.1, 0.15) is 11.1 Å². The van der Waals surface area contributed by atoms with E-state index in [1.165, 1.54) is 6.07 Å². The van der Waals surface area contributed by atoms with E-state index in [9.17, 15) is 14.8 Å². The zero-order chi connectivity index (χ0) is 20.6. The molecule has 0 aromatic heterocycles. The minimum atomic E-state index is -3.76. The zero-order valence-electron chi connectivity index (χ0n) is 16.2. The molecule has 4 aromatic rings. The first-order chi connectivity index (χ1) is 13.9. The highest BCUT2D eigenvalue weighted by atomic mass is 31.2. The van der Waals surface area contributed by atoms with Crippen LogP contribution in [-0.2, 0) is 4.57 Å². The first-order valence-electron chi connectivity index (χ1n) is 9.27. The van der Waals surface area contributed by atoms with Gasteiger partial charge in [0.25, 0.3) is 0 Å². The Morgan fingerprint density at radius 1 is 0.690 bits per heavy atom. The van der Waals surface area contributed by atoms with E-state index < -0.39 is 7.37 Å². The summed E-state index contributed by atoms with van der Waals surface area (Å²) < 4.78 is 20.9. The molecule has 29 heavy (non-hydrogen) atoms. The Labute approximate surface area is 169 Å². The van der Waals surface area contributed by atoms with Crippen molar-refractivity contribution in [1.29, 1.82) is 0 Å². The van der Waals surface area contributed by atoms with Gasteiger partial charge < -0.3 is 14.7 Å². The van der Waals surface area contributed by atoms with Crippen LogP contribution >= 0.6 is 7.37 Å². The number of aromatic hydroxyl groups is 2. The fraction of sp³-hybridized carbons (Fsp3) is 0.0833. The molecule has 0 fully saturated rings. The van der Waals surface area contributed by atoms with Crippen molar-refractivity contribution < 1.29 is 19.3 Å². The average Bonchev–Trinajstić information content (AvgIpc) is 2.71. The van der Waals surface area contributed by atoms with Crippen molar-refractivity contribution in [2.75, 3.05) is 0 Å². The van der Waals surface area contributed by atoms with Crippen LogP contribution in [0.2, 0.25) is 0 Å². The number of phenolic OH excluding ortho intramolecular Hbond substituents is 2. The second kappa shape index (κ2) is 7.31. The van der Waals surface area contributed by atoms with Crippen LogP contribution in [0.15, 0.2) is 78.9 Å². The van der Waals surface area contributed by atoms with Gasteiger partial charge in [-0.1, -0.05) is 48.5 Å². The second-order valence-electron chi connectivity index (χ2n) is 7.00. The van der Waals surface area contributed by atoms with Gasteiger partial charge in [-0.25, -0.2) is 0 Å². The van der Waals surface area contributed by atoms with Crippen LogP contribution in [0.5, 0.6) is 17.2 Å². The van der Waals surface area contributed by atoms with Gasteiger partial charge in [-0.15, -0.1) is 0 Å². The van der Waals surface area contributed by atoms with Gasteiger partial charge in [0.15, 0.2) is 0 Å². The number of hydrogen-bond acceptors (Lipinski definition) is 4. The minimum absolute atomic E-state index is 0.0513. The van der Waals surface area contributed by atoms with Crippen molar-refractivity contribution in [3.8, 4) is 17.2 Å². The molecule has 0 amide bonds. The first kappa shape index (κ1) is 19.1. The Hall–Kier alpha value is -3.23. The number of rotatable bonds is 4. The lowest BCUT2D eigenvalue weighted by atomic mass is 10.1. The monoisotopic (exact) mass is 404 g/mol. The summed E-state index contributed by atoms with van der Waals surface area (Å²) in [6.45, 7) is 3.79. The van der Waals surface area contributed by atoms with E-state index in [2.05, 4.69) is 0 Å². The molecule has 4 rings (SSSR count). The van der Waals surface area contributed by atoms with E-state index in [0.29, 0.717) is 21.8 Å². The van der Waals surface area contributed by atoms with Crippen molar-refractivity contribution in [3.63, 3.8) is 0 Å². The van der Waals surface area contributed by atoms with Crippen molar-refractivity contribution in [1.82, 2.24) is 0 Å². The van der Waals surface area contributed by atoms with Gasteiger partial charge in [-0.2, -0.15) is 0 Å². The second-order valence-corrected chi connectivity index (χ2v) is 9.25. The average molecular weight is 404 g/mol. The molecular weight excluding hydrogens is 383 g/mol. The summed E-state index contributed by atoms with van der Waals surface area (Å²) in [6, 6.07) is 22.6. The Bertz CT molecular complexity index is 1230. The summed E-state index contributed by atoms with van der Waals surface area (Å²) in [5, 5.41) is 22.7. The number of fused-ring (bicyclic) bond motifs is 1. The highest BCUT2D eigenvalue weighted by Gasteiger charge is 2.36. The van der Waals surface area contributed by atoms with Crippen LogP contribution < -0.4 is 15.1 Å². The Kier molecular flexibility index (Phi) is 4.81. The zero-order valence-corrected chi connectivity index (χ0v) is 17.1. The predicted octanol–water partition coefficient (Wildman–Crippen LogP) is 5.18. The van der Waals surface area contributed by atoms with Crippen molar-refractivity contribution >= 4 is 28.8 Å². The molecule has 146 valence electrons. The highest BCUT2D eigenvalue weighted by molar-refractivity contribution is 7.75. The molecule has 0 bridgehead atoms. The molecule has 1 unspecified atom stereocenters. The number of para-hydroxylation sites is 1. The number of hydrogen-bond donors (Lipinski definition) is 2. The number of phenols is 2. The molecule has 4 aromatic carbocycles. The van der Waals surface area contributed by atoms with Gasteiger partial charge in [0.2, 0.25) is 0 Å². The van der Waals surface area contributed by atoms with Crippen molar-refractivity contribution in [2.24, 2.45) is 0 Å². The van der Waals surface area contributed by atoms with E-state index in [1.807, 2.05) is 38.1 Å². The largest absolute Gasteiger partial charge is 0.507 e. The molecule has 1 atom stereocenters. The van der Waals surface area contributed by atoms with E-state index >= 15 is 0 Å². The molecule has 4 nitrogen and oxygen atoms in total. The van der Waals surface area contributed by atoms with Gasteiger partial charge in [0, 0.05) is 10.8 Å². The third kappa shape index (κ3) is 3.26. The van der Waals surface area contributed by atoms with Crippen LogP contribution in [0.25, 0.3) is 10.8 Å². The van der Waals surface area contributed by atoms with Crippen molar-refractivity contribution in [3.05, 3.63) is 90.0 Å². The van der Waals surface area contributed by atoms with Gasteiger partial charge in [-0.05, 0) is 55.3 Å². The number of aryl methyl sites for hydroxylation is 2. The van der Waals surface area contributed by atoms with E-state index in [4.69, 9.17) is 4.52 Å². The molecule has 0 saturated heterocycles. The van der Waals surface area contributed by atoms with Crippen LogP contribution in [0.3, 0.4) is 0 Å². The number of benzene rings is 4. The summed E-state index contributed by atoms with van der Waals surface area (Å²) in [7, 11) is -3.76.